The number of benzene rings is 1. The number of carboxylic acids is 1. The highest BCUT2D eigenvalue weighted by Crippen LogP contribution is 2.38. The van der Waals surface area contributed by atoms with Crippen LogP contribution in [0.5, 0.6) is 5.75 Å². The van der Waals surface area contributed by atoms with E-state index in [1.165, 1.54) is 18.4 Å². The van der Waals surface area contributed by atoms with Crippen molar-refractivity contribution in [1.29, 1.82) is 0 Å². The summed E-state index contributed by atoms with van der Waals surface area (Å²) < 4.78 is 10.1. The summed E-state index contributed by atoms with van der Waals surface area (Å²) in [5, 5.41) is 18.8. The van der Waals surface area contributed by atoms with Gasteiger partial charge in [-0.1, -0.05) is 29.3 Å². The van der Waals surface area contributed by atoms with Crippen LogP contribution < -0.4 is 4.74 Å². The summed E-state index contributed by atoms with van der Waals surface area (Å²) in [5.41, 5.74) is 0.342. The van der Waals surface area contributed by atoms with Crippen LogP contribution in [0.1, 0.15) is 17.4 Å². The van der Waals surface area contributed by atoms with Crippen molar-refractivity contribution in [1.82, 2.24) is 0 Å². The molecule has 1 aromatic carbocycles. The number of aliphatic hydroxyl groups excluding tert-OH is 1. The third-order valence-electron chi connectivity index (χ3n) is 2.54. The predicted molar refractivity (Wildman–Crippen MR) is 72.4 cm³/mol. The summed E-state index contributed by atoms with van der Waals surface area (Å²) in [6.07, 6.45) is 0.363. The minimum absolute atomic E-state index is 0.0380. The number of ether oxygens (including phenoxy) is 1. The van der Waals surface area contributed by atoms with Gasteiger partial charge in [-0.25, -0.2) is 4.79 Å². The molecule has 0 aliphatic carbocycles. The van der Waals surface area contributed by atoms with Gasteiger partial charge in [-0.15, -0.1) is 0 Å². The molecule has 0 saturated carbocycles. The van der Waals surface area contributed by atoms with Gasteiger partial charge in [0.1, 0.15) is 22.6 Å². The van der Waals surface area contributed by atoms with E-state index in [9.17, 15) is 9.90 Å². The molecule has 0 aliphatic heterocycles. The van der Waals surface area contributed by atoms with E-state index in [0.717, 1.165) is 0 Å². The Morgan fingerprint density at radius 2 is 2.05 bits per heavy atom. The second kappa shape index (κ2) is 6.17. The maximum absolute atomic E-state index is 10.4. The van der Waals surface area contributed by atoms with Crippen molar-refractivity contribution < 1.29 is 24.2 Å². The molecule has 0 fully saturated rings. The average molecular weight is 317 g/mol. The van der Waals surface area contributed by atoms with E-state index in [-0.39, 0.29) is 15.8 Å². The number of carboxylic acid groups (broad SMARTS) is 1. The molecule has 1 aromatic heterocycles. The molecule has 106 valence electrons. The zero-order valence-corrected chi connectivity index (χ0v) is 11.6. The minimum atomic E-state index is -1.13. The molecule has 2 aromatic rings. The van der Waals surface area contributed by atoms with Gasteiger partial charge in [0.2, 0.25) is 0 Å². The summed E-state index contributed by atoms with van der Waals surface area (Å²) in [7, 11) is 0. The van der Waals surface area contributed by atoms with Gasteiger partial charge in [0, 0.05) is 5.56 Å². The van der Waals surface area contributed by atoms with Crippen molar-refractivity contribution >= 4 is 29.2 Å². The zero-order valence-electron chi connectivity index (χ0n) is 10.0. The summed E-state index contributed by atoms with van der Waals surface area (Å²) in [6, 6.07) is 6.18. The largest absolute Gasteiger partial charge is 0.480 e. The topological polar surface area (TPSA) is 79.9 Å². The molecule has 2 rings (SSSR count). The van der Waals surface area contributed by atoms with Crippen LogP contribution in [0.4, 0.5) is 0 Å². The Kier molecular flexibility index (Phi) is 4.54. The summed E-state index contributed by atoms with van der Waals surface area (Å²) >= 11 is 12.1. The summed E-state index contributed by atoms with van der Waals surface area (Å²) in [4.78, 5) is 10.4. The lowest BCUT2D eigenvalue weighted by molar-refractivity contribution is -0.139. The van der Waals surface area contributed by atoms with Crippen LogP contribution >= 0.6 is 23.2 Å². The molecule has 0 spiro atoms. The highest BCUT2D eigenvalue weighted by atomic mass is 35.5. The van der Waals surface area contributed by atoms with Gasteiger partial charge in [-0.3, -0.25) is 0 Å². The van der Waals surface area contributed by atoms with Crippen LogP contribution in [0.2, 0.25) is 10.0 Å². The van der Waals surface area contributed by atoms with Gasteiger partial charge in [0.15, 0.2) is 6.61 Å². The number of rotatable bonds is 5. The standard InChI is InChI=1S/C13H10Cl2O5/c14-11-7(13(18)9-2-1-5-19-9)3-4-8(12(11)15)20-6-10(16)17/h1-5,13,18H,6H2,(H,16,17). The molecule has 0 radical (unpaired) electrons. The van der Waals surface area contributed by atoms with Crippen molar-refractivity contribution in [3.8, 4) is 5.75 Å². The average Bonchev–Trinajstić information content (AvgIpc) is 2.93. The molecule has 7 heteroatoms. The Morgan fingerprint density at radius 1 is 1.30 bits per heavy atom. The quantitative estimate of drug-likeness (QED) is 0.885. The van der Waals surface area contributed by atoms with Crippen LogP contribution in [-0.4, -0.2) is 22.8 Å². The van der Waals surface area contributed by atoms with Crippen molar-refractivity contribution in [2.75, 3.05) is 6.61 Å². The maximum Gasteiger partial charge on any atom is 0.341 e. The van der Waals surface area contributed by atoms with Crippen LogP contribution in [0.15, 0.2) is 34.9 Å². The van der Waals surface area contributed by atoms with Crippen molar-refractivity contribution in [2.45, 2.75) is 6.10 Å². The lowest BCUT2D eigenvalue weighted by Gasteiger charge is -2.14. The third kappa shape index (κ3) is 3.07. The van der Waals surface area contributed by atoms with Gasteiger partial charge < -0.3 is 19.4 Å². The molecular weight excluding hydrogens is 307 g/mol. The van der Waals surface area contributed by atoms with Crippen molar-refractivity contribution in [3.05, 3.63) is 51.9 Å². The highest BCUT2D eigenvalue weighted by molar-refractivity contribution is 6.43. The van der Waals surface area contributed by atoms with Crippen LogP contribution in [-0.2, 0) is 4.79 Å². The van der Waals surface area contributed by atoms with E-state index >= 15 is 0 Å². The first kappa shape index (κ1) is 14.7. The first-order valence-electron chi connectivity index (χ1n) is 5.54. The van der Waals surface area contributed by atoms with Crippen LogP contribution in [0, 0.1) is 0 Å². The Morgan fingerprint density at radius 3 is 2.65 bits per heavy atom. The Labute approximate surface area is 124 Å². The van der Waals surface area contributed by atoms with Gasteiger partial charge in [0.05, 0.1) is 11.3 Å². The fourth-order valence-corrected chi connectivity index (χ4v) is 2.10. The van der Waals surface area contributed by atoms with E-state index in [0.29, 0.717) is 11.3 Å². The summed E-state index contributed by atoms with van der Waals surface area (Å²) in [5.74, 6) is -0.673. The van der Waals surface area contributed by atoms with E-state index in [4.69, 9.17) is 37.5 Å². The van der Waals surface area contributed by atoms with E-state index in [2.05, 4.69) is 0 Å². The number of aliphatic carboxylic acids is 1. The number of aliphatic hydroxyl groups is 1. The predicted octanol–water partition coefficient (Wildman–Crippen LogP) is 3.13. The summed E-state index contributed by atoms with van der Waals surface area (Å²) in [6.45, 7) is -0.532. The fourth-order valence-electron chi connectivity index (χ4n) is 1.61. The molecule has 1 atom stereocenters. The Balaban J connectivity index is 2.28. The molecular formula is C13H10Cl2O5. The van der Waals surface area contributed by atoms with Gasteiger partial charge in [-0.2, -0.15) is 0 Å². The Bertz CT molecular complexity index is 609. The molecule has 2 N–H and O–H groups in total. The van der Waals surface area contributed by atoms with Gasteiger partial charge in [-0.05, 0) is 18.2 Å². The molecule has 1 heterocycles. The number of halogens is 2. The van der Waals surface area contributed by atoms with Crippen LogP contribution in [0.3, 0.4) is 0 Å². The monoisotopic (exact) mass is 316 g/mol. The second-order valence-corrected chi connectivity index (χ2v) is 4.64. The molecule has 0 amide bonds. The highest BCUT2D eigenvalue weighted by Gasteiger charge is 2.20. The molecule has 1 unspecified atom stereocenters. The van der Waals surface area contributed by atoms with E-state index in [1.807, 2.05) is 0 Å². The smallest absolute Gasteiger partial charge is 0.341 e. The molecule has 20 heavy (non-hydrogen) atoms. The van der Waals surface area contributed by atoms with Gasteiger partial charge >= 0.3 is 5.97 Å². The maximum atomic E-state index is 10.4. The van der Waals surface area contributed by atoms with Crippen molar-refractivity contribution in [3.63, 3.8) is 0 Å². The van der Waals surface area contributed by atoms with E-state index < -0.39 is 18.7 Å². The number of hydrogen-bond donors (Lipinski definition) is 2. The number of furan rings is 1. The molecule has 5 nitrogen and oxygen atoms in total. The Hall–Kier alpha value is -1.69. The van der Waals surface area contributed by atoms with Gasteiger partial charge in [0.25, 0.3) is 0 Å². The van der Waals surface area contributed by atoms with Crippen LogP contribution in [0.25, 0.3) is 0 Å². The minimum Gasteiger partial charge on any atom is -0.480 e. The first-order valence-corrected chi connectivity index (χ1v) is 6.30. The molecule has 0 bridgehead atoms. The zero-order chi connectivity index (χ0) is 14.7. The van der Waals surface area contributed by atoms with E-state index in [1.54, 1.807) is 12.1 Å². The molecule has 0 aliphatic rings. The molecule has 0 saturated heterocycles. The number of carbonyl (C=O) groups is 1. The normalized spacial score (nSPS) is 12.2. The number of hydrogen-bond acceptors (Lipinski definition) is 4. The fraction of sp³-hybridized carbons (Fsp3) is 0.154. The first-order chi connectivity index (χ1) is 9.50. The SMILES string of the molecule is O=C(O)COc1ccc(C(O)c2ccco2)c(Cl)c1Cl. The third-order valence-corrected chi connectivity index (χ3v) is 3.41. The lowest BCUT2D eigenvalue weighted by atomic mass is 10.1. The lowest BCUT2D eigenvalue weighted by Crippen LogP contribution is -2.10. The second-order valence-electron chi connectivity index (χ2n) is 3.88. The van der Waals surface area contributed by atoms with Crippen molar-refractivity contribution in [2.24, 2.45) is 0 Å².